The van der Waals surface area contributed by atoms with Crippen LogP contribution in [0.25, 0.3) is 0 Å². The van der Waals surface area contributed by atoms with Crippen LogP contribution < -0.4 is 0 Å². The first kappa shape index (κ1) is 18.0. The van der Waals surface area contributed by atoms with Crippen LogP contribution in [0.2, 0.25) is 0 Å². The van der Waals surface area contributed by atoms with Gasteiger partial charge >= 0.3 is 11.9 Å². The van der Waals surface area contributed by atoms with Crippen LogP contribution in [0.5, 0.6) is 0 Å². The lowest BCUT2D eigenvalue weighted by Crippen LogP contribution is -2.50. The highest BCUT2D eigenvalue weighted by Gasteiger charge is 2.66. The first-order valence-electron chi connectivity index (χ1n) is 10.9. The molecule has 28 heavy (non-hydrogen) atoms. The molecule has 2 aliphatic heterocycles. The molecule has 0 aromatic heterocycles. The number of rotatable bonds is 4. The molecule has 1 saturated carbocycles. The quantitative estimate of drug-likeness (QED) is 0.635. The zero-order valence-corrected chi connectivity index (χ0v) is 16.8. The molecule has 2 fully saturated rings. The van der Waals surface area contributed by atoms with Crippen molar-refractivity contribution in [3.05, 3.63) is 46.5 Å². The maximum atomic E-state index is 13.0. The Morgan fingerprint density at radius 1 is 1.07 bits per heavy atom. The van der Waals surface area contributed by atoms with Gasteiger partial charge in [-0.3, -0.25) is 0 Å². The van der Waals surface area contributed by atoms with Gasteiger partial charge in [-0.05, 0) is 62.5 Å². The number of fused-ring (bicyclic) bond motifs is 1. The number of carbonyl (C=O) groups excluding carboxylic acids is 2. The SMILES string of the molecule is CCC/C=C1\OC(=O)C2=C1CC[C@@H]1C2[C@]23CC[C@@H]1C=C2C(=O)O/C3=C\CCC. The molecule has 4 aliphatic carbocycles. The summed E-state index contributed by atoms with van der Waals surface area (Å²) >= 11 is 0. The van der Waals surface area contributed by atoms with Gasteiger partial charge in [0.15, 0.2) is 0 Å². The summed E-state index contributed by atoms with van der Waals surface area (Å²) < 4.78 is 11.6. The maximum absolute atomic E-state index is 13.0. The zero-order chi connectivity index (χ0) is 19.5. The predicted molar refractivity (Wildman–Crippen MR) is 105 cm³/mol. The van der Waals surface area contributed by atoms with E-state index in [0.717, 1.165) is 79.6 Å². The molecule has 1 saturated heterocycles. The normalized spacial score (nSPS) is 38.4. The average Bonchev–Trinajstić information content (AvgIpc) is 3.19. The van der Waals surface area contributed by atoms with Gasteiger partial charge < -0.3 is 9.47 Å². The van der Waals surface area contributed by atoms with Crippen LogP contribution in [0, 0.1) is 23.2 Å². The summed E-state index contributed by atoms with van der Waals surface area (Å²) in [5.74, 6) is 1.96. The second kappa shape index (κ2) is 6.47. The van der Waals surface area contributed by atoms with Crippen molar-refractivity contribution in [3.63, 3.8) is 0 Å². The molecule has 148 valence electrons. The molecule has 4 atom stereocenters. The van der Waals surface area contributed by atoms with Crippen molar-refractivity contribution >= 4 is 11.9 Å². The Morgan fingerprint density at radius 3 is 2.64 bits per heavy atom. The van der Waals surface area contributed by atoms with E-state index >= 15 is 0 Å². The minimum Gasteiger partial charge on any atom is -0.427 e. The van der Waals surface area contributed by atoms with Gasteiger partial charge in [0.05, 0.1) is 5.41 Å². The predicted octanol–water partition coefficient (Wildman–Crippen LogP) is 5.13. The molecule has 0 aromatic rings. The topological polar surface area (TPSA) is 52.6 Å². The second-order valence-electron chi connectivity index (χ2n) is 8.82. The molecule has 6 aliphatic rings. The van der Waals surface area contributed by atoms with E-state index < -0.39 is 5.41 Å². The highest BCUT2D eigenvalue weighted by Crippen LogP contribution is 2.68. The average molecular weight is 380 g/mol. The molecular weight excluding hydrogens is 352 g/mol. The van der Waals surface area contributed by atoms with E-state index in [4.69, 9.17) is 9.47 Å². The fourth-order valence-corrected chi connectivity index (χ4v) is 6.29. The Morgan fingerprint density at radius 2 is 1.86 bits per heavy atom. The molecule has 4 heteroatoms. The Hall–Kier alpha value is -2.10. The zero-order valence-electron chi connectivity index (χ0n) is 16.8. The van der Waals surface area contributed by atoms with Crippen LogP contribution in [0.1, 0.15) is 65.2 Å². The molecule has 2 heterocycles. The first-order valence-corrected chi connectivity index (χ1v) is 10.9. The van der Waals surface area contributed by atoms with Gasteiger partial charge in [-0.1, -0.05) is 32.8 Å². The fraction of sp³-hybridized carbons (Fsp3) is 0.583. The second-order valence-corrected chi connectivity index (χ2v) is 8.82. The van der Waals surface area contributed by atoms with E-state index in [1.807, 2.05) is 0 Å². The van der Waals surface area contributed by atoms with E-state index in [2.05, 4.69) is 32.1 Å². The summed E-state index contributed by atoms with van der Waals surface area (Å²) in [6, 6.07) is 0. The number of unbranched alkanes of at least 4 members (excludes halogenated alkanes) is 2. The molecule has 0 radical (unpaired) electrons. The Bertz CT molecular complexity index is 871. The van der Waals surface area contributed by atoms with E-state index in [1.165, 1.54) is 0 Å². The lowest BCUT2D eigenvalue weighted by molar-refractivity contribution is -0.135. The van der Waals surface area contributed by atoms with Crippen LogP contribution in [0.15, 0.2) is 46.5 Å². The van der Waals surface area contributed by atoms with Gasteiger partial charge in [-0.15, -0.1) is 0 Å². The van der Waals surface area contributed by atoms with Crippen molar-refractivity contribution in [1.29, 1.82) is 0 Å². The van der Waals surface area contributed by atoms with Gasteiger partial charge in [0.25, 0.3) is 0 Å². The third kappa shape index (κ3) is 2.23. The third-order valence-electron chi connectivity index (χ3n) is 7.43. The molecule has 1 unspecified atom stereocenters. The minimum absolute atomic E-state index is 0.0181. The summed E-state index contributed by atoms with van der Waals surface area (Å²) in [5.41, 5.74) is 2.29. The monoisotopic (exact) mass is 380 g/mol. The van der Waals surface area contributed by atoms with E-state index in [0.29, 0.717) is 11.8 Å². The Labute approximate surface area is 166 Å². The number of ether oxygens (including phenoxy) is 2. The fourth-order valence-electron chi connectivity index (χ4n) is 6.29. The third-order valence-corrected chi connectivity index (χ3v) is 7.43. The van der Waals surface area contributed by atoms with Crippen molar-refractivity contribution in [3.8, 4) is 0 Å². The molecule has 1 spiro atoms. The number of hydrogen-bond acceptors (Lipinski definition) is 4. The molecular formula is C24H28O4. The smallest absolute Gasteiger partial charge is 0.340 e. The largest absolute Gasteiger partial charge is 0.427 e. The number of hydrogen-bond donors (Lipinski definition) is 0. The van der Waals surface area contributed by atoms with Crippen LogP contribution >= 0.6 is 0 Å². The van der Waals surface area contributed by atoms with Crippen molar-refractivity contribution in [1.82, 2.24) is 0 Å². The Kier molecular flexibility index (Phi) is 4.15. The van der Waals surface area contributed by atoms with E-state index in [-0.39, 0.29) is 17.9 Å². The van der Waals surface area contributed by atoms with Crippen LogP contribution in [0.4, 0.5) is 0 Å². The summed E-state index contributed by atoms with van der Waals surface area (Å²) in [6.07, 6.45) is 14.1. The molecule has 0 N–H and O–H groups in total. The first-order chi connectivity index (χ1) is 13.6. The summed E-state index contributed by atoms with van der Waals surface area (Å²) in [7, 11) is 0. The molecule has 2 bridgehead atoms. The van der Waals surface area contributed by atoms with Gasteiger partial charge in [0.2, 0.25) is 0 Å². The van der Waals surface area contributed by atoms with E-state index in [9.17, 15) is 9.59 Å². The summed E-state index contributed by atoms with van der Waals surface area (Å²) in [4.78, 5) is 25.8. The van der Waals surface area contributed by atoms with Crippen molar-refractivity contribution in [2.75, 3.05) is 0 Å². The number of allylic oxidation sites excluding steroid dienone is 5. The molecule has 0 amide bonds. The molecule has 4 nitrogen and oxygen atoms in total. The lowest BCUT2D eigenvalue weighted by atomic mass is 9.47. The lowest BCUT2D eigenvalue weighted by Gasteiger charge is -2.54. The van der Waals surface area contributed by atoms with Gasteiger partial charge in [-0.2, -0.15) is 0 Å². The standard InChI is InChI=1S/C24H28O4/c1-3-5-7-18-16-10-9-15-14-11-12-24(21(15)20(16)23(26)27-18)17(13-14)22(25)28-19(24)8-6-4-2/h7-8,13-15,21H,3-6,9-12H2,1-2H3/b18-7-,19-8-/t14-,15+,21?,24-/m1/s1. The Balaban J connectivity index is 1.68. The van der Waals surface area contributed by atoms with Crippen molar-refractivity contribution in [2.45, 2.75) is 65.2 Å². The highest BCUT2D eigenvalue weighted by molar-refractivity contribution is 5.99. The van der Waals surface area contributed by atoms with Gasteiger partial charge in [0, 0.05) is 22.6 Å². The summed E-state index contributed by atoms with van der Waals surface area (Å²) in [5, 5.41) is 0. The number of cyclic esters (lactones) is 2. The summed E-state index contributed by atoms with van der Waals surface area (Å²) in [6.45, 7) is 4.26. The maximum Gasteiger partial charge on any atom is 0.340 e. The molecule has 0 aromatic carbocycles. The molecule has 6 rings (SSSR count). The van der Waals surface area contributed by atoms with Gasteiger partial charge in [-0.25, -0.2) is 9.59 Å². The highest BCUT2D eigenvalue weighted by atomic mass is 16.5. The van der Waals surface area contributed by atoms with E-state index in [1.54, 1.807) is 0 Å². The van der Waals surface area contributed by atoms with Crippen LogP contribution in [0.3, 0.4) is 0 Å². The van der Waals surface area contributed by atoms with Crippen molar-refractivity contribution in [2.24, 2.45) is 23.2 Å². The van der Waals surface area contributed by atoms with Crippen molar-refractivity contribution < 1.29 is 19.1 Å². The van der Waals surface area contributed by atoms with Gasteiger partial charge in [0.1, 0.15) is 11.5 Å². The van der Waals surface area contributed by atoms with Crippen LogP contribution in [-0.4, -0.2) is 11.9 Å². The number of carbonyl (C=O) groups is 2. The minimum atomic E-state index is -0.452. The number of esters is 2. The van der Waals surface area contributed by atoms with Crippen LogP contribution in [-0.2, 0) is 19.1 Å².